The Hall–Kier alpha value is -3.55. The Morgan fingerprint density at radius 1 is 1.03 bits per heavy atom. The van der Waals surface area contributed by atoms with E-state index in [-0.39, 0.29) is 11.1 Å². The molecule has 2 amide bonds. The van der Waals surface area contributed by atoms with Gasteiger partial charge >= 0.3 is 0 Å². The van der Waals surface area contributed by atoms with Crippen LogP contribution in [0.1, 0.15) is 28.4 Å². The Morgan fingerprint density at radius 2 is 1.79 bits per heavy atom. The number of carbonyl (C=O) groups excluding carboxylic acids is 2. The Labute approximate surface area is 206 Å². The van der Waals surface area contributed by atoms with Crippen LogP contribution in [0.2, 0.25) is 5.02 Å². The number of rotatable bonds is 7. The van der Waals surface area contributed by atoms with Crippen LogP contribution < -0.4 is 14.8 Å². The van der Waals surface area contributed by atoms with Gasteiger partial charge < -0.3 is 14.8 Å². The number of halogens is 1. The van der Waals surface area contributed by atoms with Crippen LogP contribution in [0.5, 0.6) is 11.5 Å². The van der Waals surface area contributed by atoms with Gasteiger partial charge in [0, 0.05) is 10.6 Å². The van der Waals surface area contributed by atoms with Crippen molar-refractivity contribution >= 4 is 46.4 Å². The maximum Gasteiger partial charge on any atom is 0.279 e. The van der Waals surface area contributed by atoms with Crippen LogP contribution in [0.4, 0.5) is 0 Å². The smallest absolute Gasteiger partial charge is 0.279 e. The number of aliphatic imine (C=N–C) groups is 1. The summed E-state index contributed by atoms with van der Waals surface area (Å²) in [6.07, 6.45) is 1.72. The highest BCUT2D eigenvalue weighted by Crippen LogP contribution is 2.32. The first kappa shape index (κ1) is 23.6. The molecule has 8 heteroatoms. The normalized spacial score (nSPS) is 15.4. The fourth-order valence-electron chi connectivity index (χ4n) is 3.11. The Balaban J connectivity index is 1.48. The first-order chi connectivity index (χ1) is 16.5. The Kier molecular flexibility index (Phi) is 7.67. The van der Waals surface area contributed by atoms with E-state index in [4.69, 9.17) is 21.1 Å². The van der Waals surface area contributed by atoms with Crippen LogP contribution >= 0.6 is 23.4 Å². The van der Waals surface area contributed by atoms with Crippen LogP contribution in [0, 0.1) is 0 Å². The summed E-state index contributed by atoms with van der Waals surface area (Å²) in [6, 6.07) is 21.6. The number of hydrogen-bond donors (Lipinski definition) is 1. The molecule has 4 rings (SSSR count). The quantitative estimate of drug-likeness (QED) is 0.427. The second-order valence-corrected chi connectivity index (χ2v) is 8.67. The standard InChI is InChI=1S/C26H21ClN2O4S/c1-2-32-22-14-18(10-13-21(22)33-16-17-8-11-20(27)12-9-17)15-23-25(31)29-26(34-23)28-24(30)19-6-4-3-5-7-19/h3-15H,2,16H2,1H3,(H,28,29,30,31)/b23-15-. The highest BCUT2D eigenvalue weighted by molar-refractivity contribution is 8.18. The summed E-state index contributed by atoms with van der Waals surface area (Å²) < 4.78 is 11.7. The lowest BCUT2D eigenvalue weighted by Crippen LogP contribution is -2.20. The summed E-state index contributed by atoms with van der Waals surface area (Å²) in [6.45, 7) is 2.72. The van der Waals surface area contributed by atoms with Gasteiger partial charge in [0.2, 0.25) is 0 Å². The number of thioether (sulfide) groups is 1. The van der Waals surface area contributed by atoms with Gasteiger partial charge in [0.25, 0.3) is 11.8 Å². The number of ether oxygens (including phenoxy) is 2. The molecule has 1 aliphatic rings. The van der Waals surface area contributed by atoms with Gasteiger partial charge in [0.15, 0.2) is 16.7 Å². The van der Waals surface area contributed by atoms with Crippen LogP contribution in [0.25, 0.3) is 6.08 Å². The summed E-state index contributed by atoms with van der Waals surface area (Å²) in [5.41, 5.74) is 2.20. The van der Waals surface area contributed by atoms with E-state index in [9.17, 15) is 9.59 Å². The van der Waals surface area contributed by atoms with Gasteiger partial charge in [-0.05, 0) is 72.3 Å². The monoisotopic (exact) mass is 492 g/mol. The molecule has 0 unspecified atom stereocenters. The minimum atomic E-state index is -0.412. The number of carbonyl (C=O) groups is 2. The van der Waals surface area contributed by atoms with Crippen LogP contribution in [-0.4, -0.2) is 23.6 Å². The first-order valence-corrected chi connectivity index (χ1v) is 11.7. The van der Waals surface area contributed by atoms with Crippen molar-refractivity contribution in [3.05, 3.63) is 99.4 Å². The molecule has 3 aromatic rings. The number of amides is 2. The van der Waals surface area contributed by atoms with Gasteiger partial charge in [-0.15, -0.1) is 0 Å². The molecule has 0 bridgehead atoms. The lowest BCUT2D eigenvalue weighted by Gasteiger charge is -2.13. The van der Waals surface area contributed by atoms with E-state index in [1.165, 1.54) is 0 Å². The molecule has 172 valence electrons. The molecule has 3 aromatic carbocycles. The maximum atomic E-state index is 12.4. The van der Waals surface area contributed by atoms with Gasteiger partial charge in [0.05, 0.1) is 11.5 Å². The fraction of sp³-hybridized carbons (Fsp3) is 0.115. The van der Waals surface area contributed by atoms with Crippen molar-refractivity contribution in [1.29, 1.82) is 0 Å². The Bertz CT molecular complexity index is 1260. The third-order valence-electron chi connectivity index (χ3n) is 4.75. The van der Waals surface area contributed by atoms with Crippen LogP contribution in [-0.2, 0) is 11.4 Å². The molecule has 0 radical (unpaired) electrons. The number of benzene rings is 3. The predicted octanol–water partition coefficient (Wildman–Crippen LogP) is 5.72. The van der Waals surface area contributed by atoms with Crippen molar-refractivity contribution in [2.75, 3.05) is 6.61 Å². The van der Waals surface area contributed by atoms with Crippen LogP contribution in [0.3, 0.4) is 0 Å². The van der Waals surface area contributed by atoms with E-state index in [1.54, 1.807) is 36.4 Å². The van der Waals surface area contributed by atoms with E-state index in [2.05, 4.69) is 10.3 Å². The second kappa shape index (κ2) is 11.0. The molecule has 34 heavy (non-hydrogen) atoms. The molecule has 0 aromatic heterocycles. The average molecular weight is 493 g/mol. The van der Waals surface area contributed by atoms with Gasteiger partial charge in [0.1, 0.15) is 6.61 Å². The van der Waals surface area contributed by atoms with E-state index in [0.29, 0.717) is 40.2 Å². The topological polar surface area (TPSA) is 77.0 Å². The highest BCUT2D eigenvalue weighted by Gasteiger charge is 2.25. The summed E-state index contributed by atoms with van der Waals surface area (Å²) in [4.78, 5) is 29.2. The van der Waals surface area contributed by atoms with E-state index in [0.717, 1.165) is 22.9 Å². The van der Waals surface area contributed by atoms with Crippen molar-refractivity contribution in [2.24, 2.45) is 4.99 Å². The fourth-order valence-corrected chi connectivity index (χ4v) is 4.06. The van der Waals surface area contributed by atoms with Crippen LogP contribution in [0.15, 0.2) is 82.7 Å². The Morgan fingerprint density at radius 3 is 2.53 bits per heavy atom. The van der Waals surface area contributed by atoms with Crippen molar-refractivity contribution < 1.29 is 19.1 Å². The lowest BCUT2D eigenvalue weighted by atomic mass is 10.2. The molecule has 1 saturated heterocycles. The molecule has 0 atom stereocenters. The number of amidine groups is 1. The lowest BCUT2D eigenvalue weighted by molar-refractivity contribution is -0.115. The molecule has 1 fully saturated rings. The third kappa shape index (κ3) is 6.07. The summed E-state index contributed by atoms with van der Waals surface area (Å²) in [5.74, 6) is 0.441. The van der Waals surface area contributed by atoms with E-state index >= 15 is 0 Å². The summed E-state index contributed by atoms with van der Waals surface area (Å²) in [5, 5.41) is 3.56. The molecule has 0 saturated carbocycles. The van der Waals surface area contributed by atoms with E-state index < -0.39 is 5.91 Å². The molecule has 1 aliphatic heterocycles. The molecule has 1 N–H and O–H groups in total. The number of hydrogen-bond acceptors (Lipinski definition) is 5. The zero-order valence-electron chi connectivity index (χ0n) is 18.3. The zero-order valence-corrected chi connectivity index (χ0v) is 19.9. The van der Waals surface area contributed by atoms with Gasteiger partial charge in [-0.3, -0.25) is 9.59 Å². The summed E-state index contributed by atoms with van der Waals surface area (Å²) >= 11 is 7.05. The predicted molar refractivity (Wildman–Crippen MR) is 135 cm³/mol. The molecule has 0 spiro atoms. The minimum absolute atomic E-state index is 0.248. The van der Waals surface area contributed by atoms with Gasteiger partial charge in [-0.1, -0.05) is 48.0 Å². The average Bonchev–Trinajstić information content (AvgIpc) is 3.18. The summed E-state index contributed by atoms with van der Waals surface area (Å²) in [7, 11) is 0. The van der Waals surface area contributed by atoms with Gasteiger partial charge in [-0.25, -0.2) is 0 Å². The largest absolute Gasteiger partial charge is 0.490 e. The number of nitrogens with one attached hydrogen (secondary N) is 1. The highest BCUT2D eigenvalue weighted by atomic mass is 35.5. The minimum Gasteiger partial charge on any atom is -0.490 e. The van der Waals surface area contributed by atoms with Gasteiger partial charge in [-0.2, -0.15) is 4.99 Å². The maximum absolute atomic E-state index is 12.4. The molecular formula is C26H21ClN2O4S. The molecule has 0 aliphatic carbocycles. The van der Waals surface area contributed by atoms with Crippen molar-refractivity contribution in [2.45, 2.75) is 13.5 Å². The SMILES string of the molecule is CCOc1cc(/C=C2\SC(=NC(=O)c3ccccc3)NC2=O)ccc1OCc1ccc(Cl)cc1. The number of nitrogens with zero attached hydrogens (tertiary/aromatic N) is 1. The van der Waals surface area contributed by atoms with Crippen molar-refractivity contribution in [3.8, 4) is 11.5 Å². The first-order valence-electron chi connectivity index (χ1n) is 10.5. The molecule has 1 heterocycles. The molecule has 6 nitrogen and oxygen atoms in total. The van der Waals surface area contributed by atoms with Crippen molar-refractivity contribution in [1.82, 2.24) is 5.32 Å². The zero-order chi connectivity index (χ0) is 23.9. The van der Waals surface area contributed by atoms with E-state index in [1.807, 2.05) is 49.4 Å². The third-order valence-corrected chi connectivity index (χ3v) is 5.91. The van der Waals surface area contributed by atoms with Crippen molar-refractivity contribution in [3.63, 3.8) is 0 Å². The molecular weight excluding hydrogens is 472 g/mol. The second-order valence-electron chi connectivity index (χ2n) is 7.21.